The molecule has 104 valence electrons. The lowest BCUT2D eigenvalue weighted by Crippen LogP contribution is -2.27. The summed E-state index contributed by atoms with van der Waals surface area (Å²) >= 11 is 0. The molecule has 0 fully saturated rings. The van der Waals surface area contributed by atoms with E-state index in [1.807, 2.05) is 0 Å². The van der Waals surface area contributed by atoms with Gasteiger partial charge in [-0.05, 0) is 32.9 Å². The molecule has 1 amide bonds. The minimum atomic E-state index is -1.06. The van der Waals surface area contributed by atoms with Crippen molar-refractivity contribution in [1.29, 1.82) is 0 Å². The molecule has 0 aliphatic heterocycles. The first-order chi connectivity index (χ1) is 8.76. The molecule has 0 heterocycles. The molecule has 0 bridgehead atoms. The molecule has 0 aliphatic carbocycles. The van der Waals surface area contributed by atoms with Crippen molar-refractivity contribution in [3.05, 3.63) is 24.3 Å². The first-order valence-corrected chi connectivity index (χ1v) is 5.71. The van der Waals surface area contributed by atoms with Crippen LogP contribution in [0.3, 0.4) is 0 Å². The molecule has 0 aromatic heterocycles. The Morgan fingerprint density at radius 2 is 2.00 bits per heavy atom. The summed E-state index contributed by atoms with van der Waals surface area (Å²) in [6.07, 6.45) is -0.581. The van der Waals surface area contributed by atoms with Crippen LogP contribution in [-0.2, 0) is 9.53 Å². The Bertz CT molecular complexity index is 464. The fourth-order valence-electron chi connectivity index (χ4n) is 1.23. The van der Waals surface area contributed by atoms with Gasteiger partial charge in [0.05, 0.1) is 0 Å². The number of carbonyl (C=O) groups excluding carboxylic acids is 1. The third-order valence-electron chi connectivity index (χ3n) is 1.84. The molecule has 1 rings (SSSR count). The molecule has 19 heavy (non-hydrogen) atoms. The van der Waals surface area contributed by atoms with Crippen LogP contribution in [0.2, 0.25) is 0 Å². The summed E-state index contributed by atoms with van der Waals surface area (Å²) in [7, 11) is 0. The molecular formula is C13H17NO5. The van der Waals surface area contributed by atoms with Crippen LogP contribution in [0, 0.1) is 0 Å². The highest BCUT2D eigenvalue weighted by Crippen LogP contribution is 2.18. The molecule has 2 N–H and O–H groups in total. The predicted molar refractivity (Wildman–Crippen MR) is 69.4 cm³/mol. The third kappa shape index (κ3) is 6.30. The van der Waals surface area contributed by atoms with Crippen LogP contribution in [0.4, 0.5) is 10.5 Å². The van der Waals surface area contributed by atoms with Gasteiger partial charge in [-0.1, -0.05) is 6.07 Å². The number of rotatable bonds is 4. The lowest BCUT2D eigenvalue weighted by Gasteiger charge is -2.19. The quantitative estimate of drug-likeness (QED) is 0.875. The Kier molecular flexibility index (Phi) is 4.74. The Labute approximate surface area is 111 Å². The number of aliphatic carboxylic acids is 1. The van der Waals surface area contributed by atoms with Gasteiger partial charge in [-0.15, -0.1) is 0 Å². The summed E-state index contributed by atoms with van der Waals surface area (Å²) in [6.45, 7) is 4.85. The molecule has 0 atom stereocenters. The highest BCUT2D eigenvalue weighted by atomic mass is 16.6. The van der Waals surface area contributed by atoms with Crippen LogP contribution in [0.15, 0.2) is 24.3 Å². The number of nitrogens with one attached hydrogen (secondary N) is 1. The van der Waals surface area contributed by atoms with E-state index in [1.165, 1.54) is 6.07 Å². The van der Waals surface area contributed by atoms with Crippen molar-refractivity contribution >= 4 is 17.7 Å². The average Bonchev–Trinajstić information content (AvgIpc) is 2.24. The zero-order valence-electron chi connectivity index (χ0n) is 11.1. The fraction of sp³-hybridized carbons (Fsp3) is 0.385. The van der Waals surface area contributed by atoms with Crippen LogP contribution in [0.25, 0.3) is 0 Å². The van der Waals surface area contributed by atoms with Crippen LogP contribution < -0.4 is 10.1 Å². The Balaban J connectivity index is 2.61. The lowest BCUT2D eigenvalue weighted by molar-refractivity contribution is -0.139. The first-order valence-electron chi connectivity index (χ1n) is 5.71. The molecular weight excluding hydrogens is 250 g/mol. The van der Waals surface area contributed by atoms with Crippen LogP contribution in [0.1, 0.15) is 20.8 Å². The number of carbonyl (C=O) groups is 2. The minimum absolute atomic E-state index is 0.357. The van der Waals surface area contributed by atoms with Crippen molar-refractivity contribution in [2.75, 3.05) is 11.9 Å². The summed E-state index contributed by atoms with van der Waals surface area (Å²) in [6, 6.07) is 6.41. The fourth-order valence-corrected chi connectivity index (χ4v) is 1.23. The molecule has 0 unspecified atom stereocenters. The van der Waals surface area contributed by atoms with Gasteiger partial charge in [0, 0.05) is 11.8 Å². The van der Waals surface area contributed by atoms with Gasteiger partial charge < -0.3 is 14.6 Å². The van der Waals surface area contributed by atoms with Crippen molar-refractivity contribution in [1.82, 2.24) is 0 Å². The summed E-state index contributed by atoms with van der Waals surface area (Å²) in [5, 5.41) is 11.0. The Morgan fingerprint density at radius 1 is 1.32 bits per heavy atom. The monoisotopic (exact) mass is 267 g/mol. The zero-order valence-corrected chi connectivity index (χ0v) is 11.1. The summed E-state index contributed by atoms with van der Waals surface area (Å²) < 4.78 is 10.1. The van der Waals surface area contributed by atoms with Crippen LogP contribution >= 0.6 is 0 Å². The minimum Gasteiger partial charge on any atom is -0.482 e. The molecule has 0 saturated heterocycles. The highest BCUT2D eigenvalue weighted by Gasteiger charge is 2.16. The summed E-state index contributed by atoms with van der Waals surface area (Å²) in [5.41, 5.74) is -0.112. The van der Waals surface area contributed by atoms with E-state index < -0.39 is 24.3 Å². The van der Waals surface area contributed by atoms with E-state index in [2.05, 4.69) is 5.32 Å². The average molecular weight is 267 g/mol. The maximum atomic E-state index is 11.5. The number of anilines is 1. The standard InChI is InChI=1S/C13H17NO5/c1-13(2,3)19-12(17)14-9-5-4-6-10(7-9)18-8-11(15)16/h4-7H,8H2,1-3H3,(H,14,17)(H,15,16). The zero-order chi connectivity index (χ0) is 14.5. The normalized spacial score (nSPS) is 10.7. The van der Waals surface area contributed by atoms with E-state index in [-0.39, 0.29) is 0 Å². The van der Waals surface area contributed by atoms with E-state index >= 15 is 0 Å². The molecule has 1 aromatic rings. The maximum absolute atomic E-state index is 11.5. The van der Waals surface area contributed by atoms with Crippen molar-refractivity contribution < 1.29 is 24.2 Å². The van der Waals surface area contributed by atoms with E-state index in [9.17, 15) is 9.59 Å². The SMILES string of the molecule is CC(C)(C)OC(=O)Nc1cccc(OCC(=O)O)c1. The Morgan fingerprint density at radius 3 is 2.58 bits per heavy atom. The van der Waals surface area contributed by atoms with Crippen molar-refractivity contribution in [3.8, 4) is 5.75 Å². The number of hydrogen-bond acceptors (Lipinski definition) is 4. The van der Waals surface area contributed by atoms with Gasteiger partial charge >= 0.3 is 12.1 Å². The number of ether oxygens (including phenoxy) is 2. The second-order valence-corrected chi connectivity index (χ2v) is 4.84. The number of amides is 1. The molecule has 0 radical (unpaired) electrons. The lowest BCUT2D eigenvalue weighted by atomic mass is 10.2. The molecule has 0 spiro atoms. The number of carboxylic acids is 1. The molecule has 6 heteroatoms. The molecule has 1 aromatic carbocycles. The van der Waals surface area contributed by atoms with Crippen molar-refractivity contribution in [3.63, 3.8) is 0 Å². The number of benzene rings is 1. The molecule has 6 nitrogen and oxygen atoms in total. The first kappa shape index (κ1) is 14.8. The van der Waals surface area contributed by atoms with Crippen LogP contribution in [-0.4, -0.2) is 29.4 Å². The number of hydrogen-bond donors (Lipinski definition) is 2. The topological polar surface area (TPSA) is 84.9 Å². The van der Waals surface area contributed by atoms with E-state index in [4.69, 9.17) is 14.6 Å². The van der Waals surface area contributed by atoms with E-state index in [0.717, 1.165) is 0 Å². The van der Waals surface area contributed by atoms with Gasteiger partial charge in [-0.2, -0.15) is 0 Å². The largest absolute Gasteiger partial charge is 0.482 e. The van der Waals surface area contributed by atoms with Gasteiger partial charge in [0.25, 0.3) is 0 Å². The molecule has 0 saturated carbocycles. The molecule has 0 aliphatic rings. The van der Waals surface area contributed by atoms with Crippen molar-refractivity contribution in [2.24, 2.45) is 0 Å². The smallest absolute Gasteiger partial charge is 0.412 e. The third-order valence-corrected chi connectivity index (χ3v) is 1.84. The van der Waals surface area contributed by atoms with Gasteiger partial charge in [-0.3, -0.25) is 5.32 Å². The van der Waals surface area contributed by atoms with E-state index in [0.29, 0.717) is 11.4 Å². The van der Waals surface area contributed by atoms with Gasteiger partial charge in [0.15, 0.2) is 6.61 Å². The van der Waals surface area contributed by atoms with Crippen molar-refractivity contribution in [2.45, 2.75) is 26.4 Å². The predicted octanol–water partition coefficient (Wildman–Crippen LogP) is 2.50. The van der Waals surface area contributed by atoms with Crippen LogP contribution in [0.5, 0.6) is 5.75 Å². The van der Waals surface area contributed by atoms with Gasteiger partial charge in [-0.25, -0.2) is 9.59 Å². The highest BCUT2D eigenvalue weighted by molar-refractivity contribution is 5.85. The summed E-state index contributed by atoms with van der Waals surface area (Å²) in [5.74, 6) is -0.707. The Hall–Kier alpha value is -2.24. The maximum Gasteiger partial charge on any atom is 0.412 e. The van der Waals surface area contributed by atoms with Gasteiger partial charge in [0.2, 0.25) is 0 Å². The van der Waals surface area contributed by atoms with E-state index in [1.54, 1.807) is 39.0 Å². The van der Waals surface area contributed by atoms with Gasteiger partial charge in [0.1, 0.15) is 11.4 Å². The second kappa shape index (κ2) is 6.08. The number of carboxylic acid groups (broad SMARTS) is 1. The summed E-state index contributed by atoms with van der Waals surface area (Å²) in [4.78, 5) is 21.9. The second-order valence-electron chi connectivity index (χ2n) is 4.84.